The minimum Gasteiger partial charge on any atom is -0.368 e. The third-order valence-electron chi connectivity index (χ3n) is 3.93. The van der Waals surface area contributed by atoms with E-state index in [9.17, 15) is 4.79 Å². The van der Waals surface area contributed by atoms with E-state index in [1.165, 1.54) is 11.3 Å². The van der Waals surface area contributed by atoms with E-state index < -0.39 is 0 Å². The second-order valence-corrected chi connectivity index (χ2v) is 6.29. The van der Waals surface area contributed by atoms with Crippen molar-refractivity contribution in [3.05, 3.63) is 36.5 Å². The summed E-state index contributed by atoms with van der Waals surface area (Å²) in [5.74, 6) is -0.282. The number of hydrogen-bond acceptors (Lipinski definition) is 5. The van der Waals surface area contributed by atoms with Crippen LogP contribution in [0.5, 0.6) is 0 Å². The summed E-state index contributed by atoms with van der Waals surface area (Å²) in [6.07, 6.45) is 3.68. The average molecular weight is 313 g/mol. The lowest BCUT2D eigenvalue weighted by Crippen LogP contribution is -2.40. The Morgan fingerprint density at radius 3 is 2.86 bits per heavy atom. The van der Waals surface area contributed by atoms with Gasteiger partial charge in [0.05, 0.1) is 11.9 Å². The zero-order chi connectivity index (χ0) is 15.1. The summed E-state index contributed by atoms with van der Waals surface area (Å²) in [4.78, 5) is 18.9. The largest absolute Gasteiger partial charge is 0.368 e. The van der Waals surface area contributed by atoms with Crippen molar-refractivity contribution in [1.82, 2.24) is 14.6 Å². The van der Waals surface area contributed by atoms with E-state index in [1.54, 1.807) is 4.52 Å². The maximum atomic E-state index is 11.5. The molecule has 1 aromatic carbocycles. The molecule has 0 saturated carbocycles. The number of primary amides is 1. The van der Waals surface area contributed by atoms with Gasteiger partial charge in [0.15, 0.2) is 0 Å². The molecule has 6 nitrogen and oxygen atoms in total. The van der Waals surface area contributed by atoms with Crippen molar-refractivity contribution >= 4 is 27.3 Å². The molecule has 2 N–H and O–H groups in total. The Kier molecular flexibility index (Phi) is 3.07. The third-order valence-corrected chi connectivity index (χ3v) is 4.89. The first-order valence-corrected chi connectivity index (χ1v) is 8.01. The van der Waals surface area contributed by atoms with Gasteiger partial charge in [0, 0.05) is 12.1 Å². The summed E-state index contributed by atoms with van der Waals surface area (Å²) in [6, 6.07) is 9.76. The van der Waals surface area contributed by atoms with Crippen molar-refractivity contribution in [2.24, 2.45) is 5.73 Å². The van der Waals surface area contributed by atoms with Crippen molar-refractivity contribution in [2.75, 3.05) is 11.4 Å². The lowest BCUT2D eigenvalue weighted by Gasteiger charge is -2.20. The molecule has 3 aromatic rings. The highest BCUT2D eigenvalue weighted by atomic mass is 32.1. The van der Waals surface area contributed by atoms with Gasteiger partial charge in [-0.25, -0.2) is 9.50 Å². The molecule has 1 aliphatic heterocycles. The normalized spacial score (nSPS) is 18.2. The molecule has 0 radical (unpaired) electrons. The molecule has 0 spiro atoms. The minimum atomic E-state index is -0.282. The van der Waals surface area contributed by atoms with Crippen LogP contribution in [0.3, 0.4) is 0 Å². The highest BCUT2D eigenvalue weighted by Gasteiger charge is 2.31. The SMILES string of the molecule is NC(=O)[C@H]1CCCN1c1nn2cc(-c3ccccc3)nc2s1. The number of rotatable bonds is 3. The van der Waals surface area contributed by atoms with E-state index in [-0.39, 0.29) is 11.9 Å². The Hall–Kier alpha value is -2.41. The smallest absolute Gasteiger partial charge is 0.240 e. The number of anilines is 1. The van der Waals surface area contributed by atoms with Gasteiger partial charge in [-0.15, -0.1) is 5.10 Å². The Balaban J connectivity index is 1.68. The number of aromatic nitrogens is 3. The topological polar surface area (TPSA) is 76.5 Å². The first-order chi connectivity index (χ1) is 10.7. The highest BCUT2D eigenvalue weighted by Crippen LogP contribution is 2.31. The van der Waals surface area contributed by atoms with Crippen molar-refractivity contribution in [1.29, 1.82) is 0 Å². The number of hydrogen-bond donors (Lipinski definition) is 1. The van der Waals surface area contributed by atoms with Crippen LogP contribution in [0, 0.1) is 0 Å². The molecule has 112 valence electrons. The molecule has 22 heavy (non-hydrogen) atoms. The van der Waals surface area contributed by atoms with Gasteiger partial charge in [-0.3, -0.25) is 4.79 Å². The van der Waals surface area contributed by atoms with Gasteiger partial charge >= 0.3 is 0 Å². The Morgan fingerprint density at radius 2 is 2.14 bits per heavy atom. The number of nitrogens with two attached hydrogens (primary N) is 1. The van der Waals surface area contributed by atoms with Crippen molar-refractivity contribution in [3.63, 3.8) is 0 Å². The summed E-state index contributed by atoms with van der Waals surface area (Å²) in [5.41, 5.74) is 7.44. The summed E-state index contributed by atoms with van der Waals surface area (Å²) < 4.78 is 1.78. The molecule has 4 rings (SSSR count). The fourth-order valence-corrected chi connectivity index (χ4v) is 3.80. The molecule has 0 bridgehead atoms. The molecular formula is C15H15N5OS. The Labute approximate surface area is 131 Å². The highest BCUT2D eigenvalue weighted by molar-refractivity contribution is 7.20. The summed E-state index contributed by atoms with van der Waals surface area (Å²) in [7, 11) is 0. The number of carbonyl (C=O) groups excluding carboxylic acids is 1. The maximum Gasteiger partial charge on any atom is 0.240 e. The first kappa shape index (κ1) is 13.3. The molecular weight excluding hydrogens is 298 g/mol. The second kappa shape index (κ2) is 5.10. The molecule has 3 heterocycles. The van der Waals surface area contributed by atoms with E-state index in [2.05, 4.69) is 10.1 Å². The molecule has 1 atom stereocenters. The van der Waals surface area contributed by atoms with Crippen molar-refractivity contribution in [2.45, 2.75) is 18.9 Å². The minimum absolute atomic E-state index is 0.246. The number of amides is 1. The van der Waals surface area contributed by atoms with E-state index in [0.29, 0.717) is 0 Å². The summed E-state index contributed by atoms with van der Waals surface area (Å²) >= 11 is 1.49. The first-order valence-electron chi connectivity index (χ1n) is 7.20. The summed E-state index contributed by atoms with van der Waals surface area (Å²) in [6.45, 7) is 0.815. The van der Waals surface area contributed by atoms with Crippen LogP contribution >= 0.6 is 11.3 Å². The quantitative estimate of drug-likeness (QED) is 0.801. The standard InChI is InChI=1S/C15H15N5OS/c16-13(21)12-7-4-8-19(12)15-18-20-9-11(17-14(20)22-15)10-5-2-1-3-6-10/h1-3,5-6,9,12H,4,7-8H2,(H2,16,21)/t12-/m1/s1. The fourth-order valence-electron chi connectivity index (χ4n) is 2.85. The number of imidazole rings is 1. The zero-order valence-corrected chi connectivity index (χ0v) is 12.7. The van der Waals surface area contributed by atoms with Crippen LogP contribution in [0.4, 0.5) is 5.13 Å². The lowest BCUT2D eigenvalue weighted by atomic mass is 10.2. The Morgan fingerprint density at radius 1 is 1.32 bits per heavy atom. The van der Waals surface area contributed by atoms with E-state index in [4.69, 9.17) is 5.73 Å². The molecule has 0 aliphatic carbocycles. The third kappa shape index (κ3) is 2.14. The van der Waals surface area contributed by atoms with Gasteiger partial charge in [-0.05, 0) is 12.8 Å². The Bertz CT molecular complexity index is 793. The molecule has 0 unspecified atom stereocenters. The number of fused-ring (bicyclic) bond motifs is 1. The van der Waals surface area contributed by atoms with Crippen LogP contribution in [-0.2, 0) is 4.79 Å². The van der Waals surface area contributed by atoms with Gasteiger partial charge in [0.2, 0.25) is 16.0 Å². The number of nitrogens with zero attached hydrogens (tertiary/aromatic N) is 4. The predicted octanol–water partition coefficient (Wildman–Crippen LogP) is 1.91. The van der Waals surface area contributed by atoms with Gasteiger partial charge < -0.3 is 10.6 Å². The van der Waals surface area contributed by atoms with Gasteiger partial charge in [-0.1, -0.05) is 41.7 Å². The van der Waals surface area contributed by atoms with Crippen LogP contribution in [0.1, 0.15) is 12.8 Å². The predicted molar refractivity (Wildman–Crippen MR) is 85.9 cm³/mol. The van der Waals surface area contributed by atoms with Crippen molar-refractivity contribution < 1.29 is 4.79 Å². The fraction of sp³-hybridized carbons (Fsp3) is 0.267. The van der Waals surface area contributed by atoms with Crippen LogP contribution in [-0.4, -0.2) is 33.1 Å². The van der Waals surface area contributed by atoms with Crippen LogP contribution in [0.25, 0.3) is 16.2 Å². The van der Waals surface area contributed by atoms with Gasteiger partial charge in [0.1, 0.15) is 6.04 Å². The number of benzene rings is 1. The van der Waals surface area contributed by atoms with Crippen LogP contribution in [0.15, 0.2) is 36.5 Å². The second-order valence-electron chi connectivity index (χ2n) is 5.36. The summed E-state index contributed by atoms with van der Waals surface area (Å²) in [5, 5.41) is 5.37. The monoisotopic (exact) mass is 313 g/mol. The van der Waals surface area contributed by atoms with Crippen LogP contribution < -0.4 is 10.6 Å². The molecule has 1 fully saturated rings. The van der Waals surface area contributed by atoms with E-state index in [1.807, 2.05) is 41.4 Å². The molecule has 1 saturated heterocycles. The van der Waals surface area contributed by atoms with E-state index in [0.717, 1.165) is 40.7 Å². The molecule has 2 aromatic heterocycles. The molecule has 1 aliphatic rings. The van der Waals surface area contributed by atoms with Gasteiger partial charge in [0.25, 0.3) is 0 Å². The maximum absolute atomic E-state index is 11.5. The number of carbonyl (C=O) groups is 1. The molecule has 7 heteroatoms. The van der Waals surface area contributed by atoms with Gasteiger partial charge in [-0.2, -0.15) is 0 Å². The average Bonchev–Trinajstić information content (AvgIpc) is 3.21. The van der Waals surface area contributed by atoms with Crippen LogP contribution in [0.2, 0.25) is 0 Å². The zero-order valence-electron chi connectivity index (χ0n) is 11.8. The van der Waals surface area contributed by atoms with Crippen molar-refractivity contribution in [3.8, 4) is 11.3 Å². The lowest BCUT2D eigenvalue weighted by molar-refractivity contribution is -0.119. The van der Waals surface area contributed by atoms with E-state index >= 15 is 0 Å². The molecule has 1 amide bonds.